The summed E-state index contributed by atoms with van der Waals surface area (Å²) >= 11 is 0. The van der Waals surface area contributed by atoms with Crippen LogP contribution >= 0.6 is 0 Å². The molecule has 0 saturated carbocycles. The van der Waals surface area contributed by atoms with Gasteiger partial charge in [-0.25, -0.2) is 4.98 Å². The minimum Gasteiger partial charge on any atom is -0.271 e. The summed E-state index contributed by atoms with van der Waals surface area (Å²) in [5.41, 5.74) is 5.85. The summed E-state index contributed by atoms with van der Waals surface area (Å²) in [6.07, 6.45) is 2.70. The second kappa shape index (κ2) is 6.56. The molecule has 0 atom stereocenters. The van der Waals surface area contributed by atoms with Crippen LogP contribution in [0.2, 0.25) is 0 Å². The number of carbonyl (C=O) groups excluding carboxylic acids is 2. The van der Waals surface area contributed by atoms with Crippen LogP contribution in [0.1, 0.15) is 21.7 Å². The van der Waals surface area contributed by atoms with Crippen molar-refractivity contribution in [2.75, 3.05) is 0 Å². The molecule has 3 rings (SSSR count). The Morgan fingerprint density at radius 3 is 2.72 bits per heavy atom. The Morgan fingerprint density at radius 1 is 1.20 bits per heavy atom. The van der Waals surface area contributed by atoms with E-state index in [1.807, 2.05) is 19.9 Å². The van der Waals surface area contributed by atoms with E-state index in [-0.39, 0.29) is 12.1 Å². The Labute approximate surface area is 142 Å². The van der Waals surface area contributed by atoms with E-state index in [1.165, 1.54) is 21.5 Å². The fourth-order valence-electron chi connectivity index (χ4n) is 2.39. The van der Waals surface area contributed by atoms with Crippen molar-refractivity contribution in [2.45, 2.75) is 20.4 Å². The monoisotopic (exact) mass is 340 g/mol. The number of fused-ring (bicyclic) bond motifs is 1. The van der Waals surface area contributed by atoms with Gasteiger partial charge in [-0.05, 0) is 32.0 Å². The van der Waals surface area contributed by atoms with Crippen LogP contribution in [0.5, 0.6) is 0 Å². The number of hydrazine groups is 1. The lowest BCUT2D eigenvalue weighted by molar-refractivity contribution is -0.122. The highest BCUT2D eigenvalue weighted by Gasteiger charge is 2.14. The van der Waals surface area contributed by atoms with Crippen molar-refractivity contribution in [2.24, 2.45) is 0 Å². The number of hydrogen-bond donors (Lipinski definition) is 2. The van der Waals surface area contributed by atoms with Gasteiger partial charge in [0.05, 0.1) is 5.69 Å². The predicted octanol–water partition coefficient (Wildman–Crippen LogP) is -0.0310. The Morgan fingerprint density at radius 2 is 2.00 bits per heavy atom. The smallest absolute Gasteiger partial charge is 0.271 e. The first-order valence-electron chi connectivity index (χ1n) is 7.52. The number of nitrogens with zero attached hydrogens (tertiary/aromatic N) is 4. The summed E-state index contributed by atoms with van der Waals surface area (Å²) in [4.78, 5) is 40.4. The van der Waals surface area contributed by atoms with Crippen molar-refractivity contribution in [3.63, 3.8) is 0 Å². The highest BCUT2D eigenvalue weighted by atomic mass is 16.2. The van der Waals surface area contributed by atoms with Crippen LogP contribution in [0.15, 0.2) is 41.5 Å². The number of hydrogen-bond acceptors (Lipinski definition) is 5. The van der Waals surface area contributed by atoms with Crippen LogP contribution in [0.4, 0.5) is 0 Å². The van der Waals surface area contributed by atoms with Gasteiger partial charge in [0.1, 0.15) is 17.8 Å². The second-order valence-electron chi connectivity index (χ2n) is 5.49. The van der Waals surface area contributed by atoms with Gasteiger partial charge in [-0.2, -0.15) is 5.10 Å². The second-order valence-corrected chi connectivity index (χ2v) is 5.49. The quantitative estimate of drug-likeness (QED) is 0.651. The lowest BCUT2D eigenvalue weighted by Crippen LogP contribution is -2.45. The third-order valence-electron chi connectivity index (χ3n) is 3.57. The third kappa shape index (κ3) is 3.39. The molecule has 3 aromatic heterocycles. The lowest BCUT2D eigenvalue weighted by Gasteiger charge is -2.08. The number of aryl methyl sites for hydroxylation is 2. The van der Waals surface area contributed by atoms with Crippen LogP contribution in [0.25, 0.3) is 5.65 Å². The van der Waals surface area contributed by atoms with Crippen LogP contribution < -0.4 is 16.4 Å². The molecule has 0 saturated heterocycles. The Bertz CT molecular complexity index is 1020. The Kier molecular flexibility index (Phi) is 4.29. The number of nitrogens with one attached hydrogen (secondary N) is 2. The van der Waals surface area contributed by atoms with Crippen molar-refractivity contribution in [1.82, 2.24) is 30.0 Å². The summed E-state index contributed by atoms with van der Waals surface area (Å²) in [6, 6.07) is 6.89. The minimum atomic E-state index is -0.738. The number of aromatic nitrogens is 4. The van der Waals surface area contributed by atoms with Crippen molar-refractivity contribution >= 4 is 17.5 Å². The van der Waals surface area contributed by atoms with Gasteiger partial charge < -0.3 is 0 Å². The van der Waals surface area contributed by atoms with Crippen molar-refractivity contribution < 1.29 is 9.59 Å². The van der Waals surface area contributed by atoms with Gasteiger partial charge in [-0.1, -0.05) is 6.07 Å². The van der Waals surface area contributed by atoms with E-state index in [9.17, 15) is 14.4 Å². The molecule has 0 fully saturated rings. The molecular formula is C16H16N6O3. The van der Waals surface area contributed by atoms with Gasteiger partial charge in [0.2, 0.25) is 0 Å². The molecular weight excluding hydrogens is 324 g/mol. The summed E-state index contributed by atoms with van der Waals surface area (Å²) < 4.78 is 2.77. The van der Waals surface area contributed by atoms with Gasteiger partial charge >= 0.3 is 0 Å². The van der Waals surface area contributed by atoms with E-state index in [4.69, 9.17) is 0 Å². The molecule has 3 heterocycles. The number of carbonyl (C=O) groups is 2. The Hall–Kier alpha value is -3.49. The summed E-state index contributed by atoms with van der Waals surface area (Å²) in [7, 11) is 0. The van der Waals surface area contributed by atoms with Gasteiger partial charge in [0.25, 0.3) is 17.4 Å². The van der Waals surface area contributed by atoms with E-state index in [0.29, 0.717) is 5.65 Å². The molecule has 3 aromatic rings. The van der Waals surface area contributed by atoms with Crippen LogP contribution in [0, 0.1) is 13.8 Å². The average molecular weight is 340 g/mol. The van der Waals surface area contributed by atoms with Gasteiger partial charge in [-0.3, -0.25) is 34.3 Å². The zero-order chi connectivity index (χ0) is 18.0. The fraction of sp³-hybridized carbons (Fsp3) is 0.188. The molecule has 0 bridgehead atoms. The number of rotatable bonds is 3. The molecule has 0 aliphatic carbocycles. The topological polar surface area (TPSA) is 110 Å². The van der Waals surface area contributed by atoms with Gasteiger partial charge in [-0.15, -0.1) is 0 Å². The number of amides is 2. The molecule has 9 nitrogen and oxygen atoms in total. The maximum atomic E-state index is 12.3. The molecule has 2 N–H and O–H groups in total. The predicted molar refractivity (Wildman–Crippen MR) is 88.8 cm³/mol. The molecule has 0 aliphatic rings. The molecule has 25 heavy (non-hydrogen) atoms. The van der Waals surface area contributed by atoms with E-state index in [1.54, 1.807) is 18.2 Å². The standard InChI is InChI=1S/C16H16N6O3/c1-10-7-11(2)22(20-10)9-14(23)18-19-15(24)12-8-17-13-5-3-4-6-21(13)16(12)25/h3-8H,9H2,1-2H3,(H,18,23)(H,19,24). The Balaban J connectivity index is 1.68. The SMILES string of the molecule is Cc1cc(C)n(CC(=O)NNC(=O)c2cnc3ccccn3c2=O)n1. The molecule has 0 aliphatic heterocycles. The highest BCUT2D eigenvalue weighted by molar-refractivity contribution is 5.94. The first-order valence-corrected chi connectivity index (χ1v) is 7.52. The first-order chi connectivity index (χ1) is 12.0. The van der Waals surface area contributed by atoms with E-state index >= 15 is 0 Å². The maximum absolute atomic E-state index is 12.3. The van der Waals surface area contributed by atoms with Gasteiger partial charge in [0, 0.05) is 18.1 Å². The van der Waals surface area contributed by atoms with E-state index in [0.717, 1.165) is 11.4 Å². The molecule has 0 aromatic carbocycles. The highest BCUT2D eigenvalue weighted by Crippen LogP contribution is 2.01. The normalized spacial score (nSPS) is 10.6. The zero-order valence-electron chi connectivity index (χ0n) is 13.7. The van der Waals surface area contributed by atoms with E-state index < -0.39 is 17.4 Å². The maximum Gasteiger partial charge on any atom is 0.276 e. The largest absolute Gasteiger partial charge is 0.276 e. The van der Waals surface area contributed by atoms with Crippen molar-refractivity contribution in [1.29, 1.82) is 0 Å². The summed E-state index contributed by atoms with van der Waals surface area (Å²) in [5, 5.41) is 4.16. The molecule has 9 heteroatoms. The molecule has 128 valence electrons. The molecule has 0 unspecified atom stereocenters. The summed E-state index contributed by atoms with van der Waals surface area (Å²) in [6.45, 7) is 3.60. The van der Waals surface area contributed by atoms with Crippen LogP contribution in [-0.4, -0.2) is 31.0 Å². The summed E-state index contributed by atoms with van der Waals surface area (Å²) in [5.74, 6) is -1.20. The van der Waals surface area contributed by atoms with Crippen LogP contribution in [0.3, 0.4) is 0 Å². The van der Waals surface area contributed by atoms with Gasteiger partial charge in [0.15, 0.2) is 0 Å². The van der Waals surface area contributed by atoms with Crippen LogP contribution in [-0.2, 0) is 11.3 Å². The molecule has 0 radical (unpaired) electrons. The fourth-order valence-corrected chi connectivity index (χ4v) is 2.39. The first kappa shape index (κ1) is 16.4. The molecule has 0 spiro atoms. The average Bonchev–Trinajstić information content (AvgIpc) is 2.90. The third-order valence-corrected chi connectivity index (χ3v) is 3.57. The van der Waals surface area contributed by atoms with E-state index in [2.05, 4.69) is 20.9 Å². The van der Waals surface area contributed by atoms with Crippen molar-refractivity contribution in [3.05, 3.63) is 64.0 Å². The lowest BCUT2D eigenvalue weighted by atomic mass is 10.3. The van der Waals surface area contributed by atoms with Crippen molar-refractivity contribution in [3.8, 4) is 0 Å². The molecule has 2 amide bonds. The zero-order valence-corrected chi connectivity index (χ0v) is 13.7. The minimum absolute atomic E-state index is 0.0467. The number of pyridine rings is 1.